The van der Waals surface area contributed by atoms with Crippen LogP contribution in [0.4, 0.5) is 25.1 Å². The molecule has 1 fully saturated rings. The van der Waals surface area contributed by atoms with Gasteiger partial charge in [0.05, 0.1) is 25.4 Å². The zero-order chi connectivity index (χ0) is 28.1. The predicted octanol–water partition coefficient (Wildman–Crippen LogP) is 4.97. The highest BCUT2D eigenvalue weighted by Crippen LogP contribution is 2.34. The lowest BCUT2D eigenvalue weighted by molar-refractivity contribution is -0.132. The van der Waals surface area contributed by atoms with Crippen molar-refractivity contribution in [1.29, 1.82) is 0 Å². The van der Waals surface area contributed by atoms with Crippen molar-refractivity contribution in [1.82, 2.24) is 9.97 Å². The van der Waals surface area contributed by atoms with E-state index in [1.54, 1.807) is 33.9 Å². The highest BCUT2D eigenvalue weighted by molar-refractivity contribution is 5.87. The second-order valence-corrected chi connectivity index (χ2v) is 10.5. The zero-order valence-electron chi connectivity index (χ0n) is 23.5. The first-order valence-corrected chi connectivity index (χ1v) is 13.0. The second kappa shape index (κ2) is 12.4. The van der Waals surface area contributed by atoms with Crippen molar-refractivity contribution in [2.24, 2.45) is 0 Å². The number of hydrogen-bond donors (Lipinski definition) is 0. The number of carbonyl (C=O) groups excluding carboxylic acids is 1. The molecular formula is C27H40F2N4O5. The molecule has 0 saturated carbocycles. The van der Waals surface area contributed by atoms with Gasteiger partial charge in [0.25, 0.3) is 5.92 Å². The fourth-order valence-electron chi connectivity index (χ4n) is 4.31. The third-order valence-corrected chi connectivity index (χ3v) is 6.33. The lowest BCUT2D eigenvalue weighted by atomic mass is 10.0. The van der Waals surface area contributed by atoms with Crippen LogP contribution in [0.3, 0.4) is 0 Å². The molecule has 0 N–H and O–H groups in total. The molecule has 0 radical (unpaired) electrons. The van der Waals surface area contributed by atoms with Crippen LogP contribution in [0.1, 0.15) is 57.2 Å². The number of piperidine rings is 1. The van der Waals surface area contributed by atoms with Crippen molar-refractivity contribution in [3.8, 4) is 0 Å². The van der Waals surface area contributed by atoms with Crippen molar-refractivity contribution in [2.75, 3.05) is 50.3 Å². The summed E-state index contributed by atoms with van der Waals surface area (Å²) in [6.07, 6.45) is -0.418. The van der Waals surface area contributed by atoms with Gasteiger partial charge in [-0.25, -0.2) is 23.5 Å². The monoisotopic (exact) mass is 538 g/mol. The van der Waals surface area contributed by atoms with Gasteiger partial charge in [-0.05, 0) is 40.2 Å². The maximum Gasteiger partial charge on any atom is 0.416 e. The van der Waals surface area contributed by atoms with Gasteiger partial charge >= 0.3 is 6.09 Å². The van der Waals surface area contributed by atoms with Gasteiger partial charge in [0, 0.05) is 57.5 Å². The highest BCUT2D eigenvalue weighted by atomic mass is 19.3. The Labute approximate surface area is 223 Å². The number of halogens is 2. The summed E-state index contributed by atoms with van der Waals surface area (Å²) in [5, 5.41) is 0. The first-order chi connectivity index (χ1) is 17.9. The van der Waals surface area contributed by atoms with E-state index in [9.17, 15) is 13.6 Å². The van der Waals surface area contributed by atoms with Crippen LogP contribution in [-0.2, 0) is 33.5 Å². The number of anilines is 2. The number of aromatic nitrogens is 2. The van der Waals surface area contributed by atoms with Crippen molar-refractivity contribution in [3.05, 3.63) is 35.2 Å². The van der Waals surface area contributed by atoms with Crippen molar-refractivity contribution in [3.63, 3.8) is 0 Å². The summed E-state index contributed by atoms with van der Waals surface area (Å²) in [5.74, 6) is -1.11. The molecular weight excluding hydrogens is 498 g/mol. The van der Waals surface area contributed by atoms with E-state index in [4.69, 9.17) is 23.6 Å². The molecule has 3 rings (SSSR count). The number of pyridine rings is 1. The average molecular weight is 539 g/mol. The summed E-state index contributed by atoms with van der Waals surface area (Å²) in [6.45, 7) is 9.90. The molecule has 38 heavy (non-hydrogen) atoms. The molecule has 1 aliphatic heterocycles. The van der Waals surface area contributed by atoms with E-state index >= 15 is 0 Å². The Morgan fingerprint density at radius 1 is 1.24 bits per heavy atom. The lowest BCUT2D eigenvalue weighted by Gasteiger charge is -2.39. The third kappa shape index (κ3) is 7.63. The number of nitrogens with zero attached hydrogens (tertiary/aromatic N) is 4. The van der Waals surface area contributed by atoms with Gasteiger partial charge in [-0.15, -0.1) is 0 Å². The smallest absolute Gasteiger partial charge is 0.416 e. The van der Waals surface area contributed by atoms with Gasteiger partial charge in [0.2, 0.25) is 0 Å². The molecule has 1 amide bonds. The lowest BCUT2D eigenvalue weighted by Crippen LogP contribution is -2.51. The number of methoxy groups -OCH3 is 2. The van der Waals surface area contributed by atoms with E-state index < -0.39 is 23.7 Å². The Morgan fingerprint density at radius 2 is 1.97 bits per heavy atom. The van der Waals surface area contributed by atoms with Crippen LogP contribution in [0.15, 0.2) is 16.5 Å². The molecule has 3 heterocycles. The van der Waals surface area contributed by atoms with Crippen LogP contribution in [0.5, 0.6) is 0 Å². The van der Waals surface area contributed by atoms with Crippen LogP contribution in [0.2, 0.25) is 0 Å². The number of hydrogen-bond acceptors (Lipinski definition) is 8. The Morgan fingerprint density at radius 3 is 2.58 bits per heavy atom. The average Bonchev–Trinajstić information content (AvgIpc) is 3.21. The van der Waals surface area contributed by atoms with E-state index in [1.807, 2.05) is 24.8 Å². The van der Waals surface area contributed by atoms with Gasteiger partial charge in [0.1, 0.15) is 23.3 Å². The van der Waals surface area contributed by atoms with Crippen molar-refractivity contribution in [2.45, 2.75) is 77.9 Å². The fraction of sp³-hybridized carbons (Fsp3) is 0.667. The minimum atomic E-state index is -2.91. The molecule has 0 aliphatic carbocycles. The maximum absolute atomic E-state index is 14.4. The molecule has 0 bridgehead atoms. The molecule has 1 aliphatic rings. The van der Waals surface area contributed by atoms with Gasteiger partial charge < -0.3 is 23.5 Å². The Bertz CT molecular complexity index is 1090. The minimum Gasteiger partial charge on any atom is -0.445 e. The van der Waals surface area contributed by atoms with E-state index in [0.29, 0.717) is 35.9 Å². The standard InChI is InChI=1S/C27H40F2N4O5/c1-8-21-18(2)30-24(37-21)10-9-19-15-20(32-12-11-27(28,29)22(17-32)36-7)16-23(31-19)33(13-14-35-6)25(34)38-26(3,4)5/h15-16,22H,8-14,17H2,1-7H3. The third-order valence-electron chi connectivity index (χ3n) is 6.33. The molecule has 11 heteroatoms. The topological polar surface area (TPSA) is 90.2 Å². The van der Waals surface area contributed by atoms with Gasteiger partial charge in [-0.1, -0.05) is 6.92 Å². The molecule has 0 spiro atoms. The van der Waals surface area contributed by atoms with Gasteiger partial charge in [0.15, 0.2) is 5.89 Å². The number of aryl methyl sites for hydroxylation is 4. The Hall–Kier alpha value is -2.79. The van der Waals surface area contributed by atoms with E-state index in [0.717, 1.165) is 17.9 Å². The summed E-state index contributed by atoms with van der Waals surface area (Å²) in [6, 6.07) is 3.59. The van der Waals surface area contributed by atoms with Crippen LogP contribution >= 0.6 is 0 Å². The molecule has 2 aromatic heterocycles. The largest absolute Gasteiger partial charge is 0.445 e. The van der Waals surface area contributed by atoms with Crippen LogP contribution in [-0.4, -0.2) is 74.1 Å². The van der Waals surface area contributed by atoms with Crippen LogP contribution in [0.25, 0.3) is 0 Å². The summed E-state index contributed by atoms with van der Waals surface area (Å²) < 4.78 is 50.5. The maximum atomic E-state index is 14.4. The number of carbonyl (C=O) groups is 1. The molecule has 0 aromatic carbocycles. The number of ether oxygens (including phenoxy) is 3. The normalized spacial score (nSPS) is 17.5. The van der Waals surface area contributed by atoms with E-state index in [-0.39, 0.29) is 32.7 Å². The van der Waals surface area contributed by atoms with Crippen LogP contribution < -0.4 is 9.80 Å². The molecule has 9 nitrogen and oxygen atoms in total. The predicted molar refractivity (Wildman–Crippen MR) is 140 cm³/mol. The van der Waals surface area contributed by atoms with Crippen molar-refractivity contribution < 1.29 is 32.2 Å². The first-order valence-electron chi connectivity index (χ1n) is 13.0. The fourth-order valence-corrected chi connectivity index (χ4v) is 4.31. The summed E-state index contributed by atoms with van der Waals surface area (Å²) >= 11 is 0. The number of amides is 1. The van der Waals surface area contributed by atoms with E-state index in [2.05, 4.69) is 4.98 Å². The molecule has 1 atom stereocenters. The second-order valence-electron chi connectivity index (χ2n) is 10.5. The van der Waals surface area contributed by atoms with E-state index in [1.165, 1.54) is 12.0 Å². The van der Waals surface area contributed by atoms with Gasteiger partial charge in [-0.3, -0.25) is 4.90 Å². The van der Waals surface area contributed by atoms with Crippen molar-refractivity contribution >= 4 is 17.6 Å². The highest BCUT2D eigenvalue weighted by Gasteiger charge is 2.44. The SMILES string of the molecule is CCc1oc(CCc2cc(N3CCC(F)(F)C(OC)C3)cc(N(CCOC)C(=O)OC(C)(C)C)n2)nc1C. The minimum absolute atomic E-state index is 0.00962. The quantitative estimate of drug-likeness (QED) is 0.419. The molecule has 212 valence electrons. The number of rotatable bonds is 10. The number of alkyl halides is 2. The molecule has 1 saturated heterocycles. The summed E-state index contributed by atoms with van der Waals surface area (Å²) in [5.41, 5.74) is 1.49. The summed E-state index contributed by atoms with van der Waals surface area (Å²) in [7, 11) is 2.84. The van der Waals surface area contributed by atoms with Crippen LogP contribution in [0, 0.1) is 6.92 Å². The number of oxazole rings is 1. The summed E-state index contributed by atoms with van der Waals surface area (Å²) in [4.78, 5) is 25.7. The zero-order valence-corrected chi connectivity index (χ0v) is 23.5. The van der Waals surface area contributed by atoms with Gasteiger partial charge in [-0.2, -0.15) is 0 Å². The Balaban J connectivity index is 1.97. The Kier molecular flexibility index (Phi) is 9.69. The first kappa shape index (κ1) is 29.8. The molecule has 2 aromatic rings. The molecule has 1 unspecified atom stereocenters.